The summed E-state index contributed by atoms with van der Waals surface area (Å²) in [6, 6.07) is 0.658. The number of amides is 2. The third-order valence-electron chi connectivity index (χ3n) is 5.39. The van der Waals surface area contributed by atoms with Gasteiger partial charge in [-0.1, -0.05) is 12.2 Å². The summed E-state index contributed by atoms with van der Waals surface area (Å²) in [5.41, 5.74) is -1.43. The highest BCUT2D eigenvalue weighted by Gasteiger charge is 2.55. The van der Waals surface area contributed by atoms with Gasteiger partial charge in [-0.05, 0) is 37.0 Å². The molecule has 2 amide bonds. The summed E-state index contributed by atoms with van der Waals surface area (Å²) in [6.07, 6.45) is -9.25. The zero-order valence-corrected chi connectivity index (χ0v) is 14.6. The lowest BCUT2D eigenvalue weighted by Crippen LogP contribution is -2.51. The van der Waals surface area contributed by atoms with Gasteiger partial charge in [0.2, 0.25) is 5.91 Å². The first-order valence-corrected chi connectivity index (χ1v) is 8.54. The summed E-state index contributed by atoms with van der Waals surface area (Å²) in [5, 5.41) is 4.01. The number of rotatable bonds is 3. The molecule has 2 aliphatic carbocycles. The average molecular weight is 424 g/mol. The molecular weight excluding hydrogens is 409 g/mol. The van der Waals surface area contributed by atoms with Crippen LogP contribution in [0.1, 0.15) is 18.4 Å². The third kappa shape index (κ3) is 3.95. The molecule has 1 aromatic carbocycles. The quantitative estimate of drug-likeness (QED) is 0.569. The van der Waals surface area contributed by atoms with E-state index in [1.165, 1.54) is 0 Å². The summed E-state index contributed by atoms with van der Waals surface area (Å²) in [7, 11) is 0. The van der Waals surface area contributed by atoms with Crippen molar-refractivity contribution in [2.24, 2.45) is 17.8 Å². The standard InChI is InChI=1S/C18H15F7N2O2/c1-7-9-3-4-10(7)14(27-16(29)18(23,24)25)13(9)15(28)26-8-2-5-12(19)11(6-8)17(20,21)22/h2,5-6,9-10,13-14H,1,3-4H2,(H,26,28)(H,27,29)/t9?,10?,13-,14+/m0/s1. The van der Waals surface area contributed by atoms with Crippen LogP contribution in [0.4, 0.5) is 36.4 Å². The molecule has 11 heteroatoms. The van der Waals surface area contributed by atoms with Gasteiger partial charge >= 0.3 is 18.3 Å². The van der Waals surface area contributed by atoms with Crippen LogP contribution in [0.2, 0.25) is 0 Å². The van der Waals surface area contributed by atoms with Crippen molar-refractivity contribution in [1.82, 2.24) is 5.32 Å². The first-order chi connectivity index (χ1) is 13.3. The molecule has 0 heterocycles. The van der Waals surface area contributed by atoms with Crippen molar-refractivity contribution in [3.05, 3.63) is 41.7 Å². The summed E-state index contributed by atoms with van der Waals surface area (Å²) >= 11 is 0. The number of halogens is 7. The second-order valence-electron chi connectivity index (χ2n) is 7.07. The molecule has 158 valence electrons. The number of benzene rings is 1. The minimum Gasteiger partial charge on any atom is -0.344 e. The van der Waals surface area contributed by atoms with Crippen molar-refractivity contribution in [2.45, 2.75) is 31.2 Å². The lowest BCUT2D eigenvalue weighted by Gasteiger charge is -2.30. The zero-order chi connectivity index (χ0) is 21.7. The fourth-order valence-corrected chi connectivity index (χ4v) is 4.14. The van der Waals surface area contributed by atoms with Crippen LogP contribution in [-0.2, 0) is 15.8 Å². The predicted molar refractivity (Wildman–Crippen MR) is 86.9 cm³/mol. The van der Waals surface area contributed by atoms with Gasteiger partial charge in [-0.3, -0.25) is 9.59 Å². The SMILES string of the molecule is C=C1C2CCC1[C@H](C(=O)Nc1ccc(F)c(C(F)(F)F)c1)[C@@H]2NC(=O)C(F)(F)F. The van der Waals surface area contributed by atoms with Gasteiger partial charge in [-0.15, -0.1) is 0 Å². The normalized spacial score (nSPS) is 26.5. The summed E-state index contributed by atoms with van der Waals surface area (Å²) in [5.74, 6) is -6.79. The second-order valence-corrected chi connectivity index (χ2v) is 7.07. The molecule has 1 aromatic rings. The maximum Gasteiger partial charge on any atom is 0.471 e. The van der Waals surface area contributed by atoms with E-state index in [1.54, 1.807) is 0 Å². The van der Waals surface area contributed by atoms with Gasteiger partial charge in [0, 0.05) is 17.6 Å². The Morgan fingerprint density at radius 1 is 1.03 bits per heavy atom. The molecule has 2 fully saturated rings. The molecule has 2 N–H and O–H groups in total. The Morgan fingerprint density at radius 2 is 1.66 bits per heavy atom. The van der Waals surface area contributed by atoms with Crippen LogP contribution in [0, 0.1) is 23.6 Å². The molecule has 0 radical (unpaired) electrons. The minimum absolute atomic E-state index is 0.363. The van der Waals surface area contributed by atoms with Crippen molar-refractivity contribution in [1.29, 1.82) is 0 Å². The number of nitrogens with one attached hydrogen (secondary N) is 2. The van der Waals surface area contributed by atoms with Crippen molar-refractivity contribution < 1.29 is 40.3 Å². The number of hydrogen-bond acceptors (Lipinski definition) is 2. The van der Waals surface area contributed by atoms with Crippen LogP contribution in [0.15, 0.2) is 30.4 Å². The van der Waals surface area contributed by atoms with Crippen molar-refractivity contribution in [3.63, 3.8) is 0 Å². The molecule has 29 heavy (non-hydrogen) atoms. The van der Waals surface area contributed by atoms with Gasteiger partial charge in [0.05, 0.1) is 11.5 Å². The first kappa shape index (κ1) is 21.1. The van der Waals surface area contributed by atoms with Gasteiger partial charge in [-0.25, -0.2) is 4.39 Å². The summed E-state index contributed by atoms with van der Waals surface area (Å²) in [4.78, 5) is 24.0. The molecule has 2 unspecified atom stereocenters. The van der Waals surface area contributed by atoms with E-state index in [2.05, 4.69) is 11.9 Å². The van der Waals surface area contributed by atoms with Gasteiger partial charge < -0.3 is 10.6 Å². The molecule has 0 spiro atoms. The maximum atomic E-state index is 13.4. The Hall–Kier alpha value is -2.59. The summed E-state index contributed by atoms with van der Waals surface area (Å²) in [6.45, 7) is 3.79. The molecule has 3 rings (SSSR count). The van der Waals surface area contributed by atoms with Gasteiger partial charge in [0.25, 0.3) is 0 Å². The topological polar surface area (TPSA) is 58.2 Å². The number of carbonyl (C=O) groups is 2. The smallest absolute Gasteiger partial charge is 0.344 e. The van der Waals surface area contributed by atoms with E-state index < -0.39 is 59.3 Å². The minimum atomic E-state index is -5.15. The highest BCUT2D eigenvalue weighted by Crippen LogP contribution is 2.52. The highest BCUT2D eigenvalue weighted by molar-refractivity contribution is 5.95. The fourth-order valence-electron chi connectivity index (χ4n) is 4.14. The molecule has 4 nitrogen and oxygen atoms in total. The molecule has 2 saturated carbocycles. The maximum absolute atomic E-state index is 13.4. The van der Waals surface area contributed by atoms with Crippen molar-refractivity contribution >= 4 is 17.5 Å². The van der Waals surface area contributed by atoms with Crippen molar-refractivity contribution in [2.75, 3.05) is 5.32 Å². The van der Waals surface area contributed by atoms with E-state index in [0.717, 1.165) is 6.07 Å². The average Bonchev–Trinajstić information content (AvgIpc) is 3.07. The molecule has 0 saturated heterocycles. The number of fused-ring (bicyclic) bond motifs is 2. The highest BCUT2D eigenvalue weighted by atomic mass is 19.4. The van der Waals surface area contributed by atoms with Crippen LogP contribution in [-0.4, -0.2) is 24.0 Å². The fraction of sp³-hybridized carbons (Fsp3) is 0.444. The van der Waals surface area contributed by atoms with Gasteiger partial charge in [-0.2, -0.15) is 26.3 Å². The Bertz CT molecular complexity index is 863. The number of carbonyl (C=O) groups excluding carboxylic acids is 2. The second kappa shape index (κ2) is 7.03. The molecule has 0 aromatic heterocycles. The van der Waals surface area contributed by atoms with Crippen LogP contribution in [0.3, 0.4) is 0 Å². The van der Waals surface area contributed by atoms with E-state index in [1.807, 2.05) is 5.32 Å². The monoisotopic (exact) mass is 424 g/mol. The van der Waals surface area contributed by atoms with E-state index >= 15 is 0 Å². The van der Waals surface area contributed by atoms with E-state index in [4.69, 9.17) is 0 Å². The Morgan fingerprint density at radius 3 is 2.24 bits per heavy atom. The largest absolute Gasteiger partial charge is 0.471 e. The third-order valence-corrected chi connectivity index (χ3v) is 5.39. The molecule has 4 atom stereocenters. The Labute approximate surface area is 160 Å². The first-order valence-electron chi connectivity index (χ1n) is 8.54. The Kier molecular flexibility index (Phi) is 5.12. The van der Waals surface area contributed by atoms with E-state index in [9.17, 15) is 40.3 Å². The van der Waals surface area contributed by atoms with Crippen molar-refractivity contribution in [3.8, 4) is 0 Å². The van der Waals surface area contributed by atoms with E-state index in [0.29, 0.717) is 30.5 Å². The summed E-state index contributed by atoms with van der Waals surface area (Å²) < 4.78 is 89.8. The molecule has 2 bridgehead atoms. The van der Waals surface area contributed by atoms with E-state index in [-0.39, 0.29) is 5.69 Å². The van der Waals surface area contributed by atoms with Crippen LogP contribution in [0.5, 0.6) is 0 Å². The molecular formula is C18H15F7N2O2. The predicted octanol–water partition coefficient (Wildman–Crippen LogP) is 4.04. The lowest BCUT2D eigenvalue weighted by atomic mass is 9.83. The molecule has 2 aliphatic rings. The Balaban J connectivity index is 1.84. The van der Waals surface area contributed by atoms with Gasteiger partial charge in [0.1, 0.15) is 5.82 Å². The zero-order valence-electron chi connectivity index (χ0n) is 14.6. The van der Waals surface area contributed by atoms with Crippen LogP contribution < -0.4 is 10.6 Å². The van der Waals surface area contributed by atoms with Gasteiger partial charge in [0.15, 0.2) is 0 Å². The number of alkyl halides is 6. The lowest BCUT2D eigenvalue weighted by molar-refractivity contribution is -0.175. The number of hydrogen-bond donors (Lipinski definition) is 2. The van der Waals surface area contributed by atoms with Crippen LogP contribution >= 0.6 is 0 Å². The number of anilines is 1. The van der Waals surface area contributed by atoms with Crippen LogP contribution in [0.25, 0.3) is 0 Å². The molecule has 0 aliphatic heterocycles.